The summed E-state index contributed by atoms with van der Waals surface area (Å²) in [5.41, 5.74) is -0.0788. The van der Waals surface area contributed by atoms with Gasteiger partial charge in [-0.15, -0.1) is 0 Å². The van der Waals surface area contributed by atoms with Crippen molar-refractivity contribution < 1.29 is 18.0 Å². The molecular formula is C10H10F3NO. The van der Waals surface area contributed by atoms with Gasteiger partial charge in [0.15, 0.2) is 17.5 Å². The highest BCUT2D eigenvalue weighted by Crippen LogP contribution is 2.17. The highest BCUT2D eigenvalue weighted by atomic mass is 19.2. The highest BCUT2D eigenvalue weighted by molar-refractivity contribution is 5.90. The third-order valence-corrected chi connectivity index (χ3v) is 1.74. The molecule has 0 bridgehead atoms. The van der Waals surface area contributed by atoms with Gasteiger partial charge in [-0.3, -0.25) is 4.79 Å². The molecule has 0 radical (unpaired) electrons. The molecule has 0 unspecified atom stereocenters. The Morgan fingerprint density at radius 3 is 2.27 bits per heavy atom. The van der Waals surface area contributed by atoms with Gasteiger partial charge in [0.25, 0.3) is 0 Å². The lowest BCUT2D eigenvalue weighted by atomic mass is 10.2. The molecule has 1 aromatic rings. The van der Waals surface area contributed by atoms with Gasteiger partial charge in [0.1, 0.15) is 0 Å². The van der Waals surface area contributed by atoms with Crippen molar-refractivity contribution in [2.75, 3.05) is 5.32 Å². The van der Waals surface area contributed by atoms with E-state index in [1.54, 1.807) is 6.92 Å². The van der Waals surface area contributed by atoms with Crippen LogP contribution in [0.5, 0.6) is 0 Å². The first-order valence-electron chi connectivity index (χ1n) is 4.49. The molecular weight excluding hydrogens is 207 g/mol. The molecule has 2 nitrogen and oxygen atoms in total. The first kappa shape index (κ1) is 11.6. The van der Waals surface area contributed by atoms with Crippen molar-refractivity contribution in [1.82, 2.24) is 0 Å². The van der Waals surface area contributed by atoms with E-state index in [1.807, 2.05) is 0 Å². The predicted octanol–water partition coefficient (Wildman–Crippen LogP) is 2.84. The molecule has 1 rings (SSSR count). The Morgan fingerprint density at radius 2 is 1.80 bits per heavy atom. The number of benzene rings is 1. The number of hydrogen-bond donors (Lipinski definition) is 1. The summed E-state index contributed by atoms with van der Waals surface area (Å²) in [6, 6.07) is 1.48. The van der Waals surface area contributed by atoms with Crippen molar-refractivity contribution >= 4 is 11.6 Å². The van der Waals surface area contributed by atoms with E-state index in [2.05, 4.69) is 5.32 Å². The molecule has 0 saturated heterocycles. The van der Waals surface area contributed by atoms with E-state index >= 15 is 0 Å². The number of halogens is 3. The van der Waals surface area contributed by atoms with Crippen molar-refractivity contribution in [3.8, 4) is 0 Å². The molecule has 0 aliphatic carbocycles. The van der Waals surface area contributed by atoms with E-state index in [9.17, 15) is 18.0 Å². The SMILES string of the molecule is CCCC(=O)Nc1cc(F)c(F)c(F)c1. The average Bonchev–Trinajstić information content (AvgIpc) is 2.14. The summed E-state index contributed by atoms with van der Waals surface area (Å²) in [6.45, 7) is 1.80. The fourth-order valence-electron chi connectivity index (χ4n) is 1.08. The maximum absolute atomic E-state index is 12.7. The van der Waals surface area contributed by atoms with Crippen LogP contribution in [0.25, 0.3) is 0 Å². The van der Waals surface area contributed by atoms with Crippen LogP contribution in [0.3, 0.4) is 0 Å². The molecule has 15 heavy (non-hydrogen) atoms. The van der Waals surface area contributed by atoms with Crippen molar-refractivity contribution in [3.63, 3.8) is 0 Å². The number of rotatable bonds is 3. The van der Waals surface area contributed by atoms with Crippen molar-refractivity contribution in [3.05, 3.63) is 29.6 Å². The molecule has 82 valence electrons. The zero-order valence-corrected chi connectivity index (χ0v) is 8.11. The Morgan fingerprint density at radius 1 is 1.27 bits per heavy atom. The third-order valence-electron chi connectivity index (χ3n) is 1.74. The molecule has 1 aromatic carbocycles. The van der Waals surface area contributed by atoms with Gasteiger partial charge in [0.05, 0.1) is 0 Å². The van der Waals surface area contributed by atoms with Gasteiger partial charge < -0.3 is 5.32 Å². The van der Waals surface area contributed by atoms with Crippen LogP contribution in [-0.2, 0) is 4.79 Å². The topological polar surface area (TPSA) is 29.1 Å². The number of nitrogens with one attached hydrogen (secondary N) is 1. The molecule has 0 heterocycles. The van der Waals surface area contributed by atoms with Gasteiger partial charge >= 0.3 is 0 Å². The summed E-state index contributed by atoms with van der Waals surface area (Å²) in [6.07, 6.45) is 0.874. The Balaban J connectivity index is 2.83. The Hall–Kier alpha value is -1.52. The van der Waals surface area contributed by atoms with E-state index in [0.717, 1.165) is 12.1 Å². The van der Waals surface area contributed by atoms with Gasteiger partial charge in [-0.05, 0) is 6.42 Å². The van der Waals surface area contributed by atoms with Crippen LogP contribution < -0.4 is 5.32 Å². The summed E-state index contributed by atoms with van der Waals surface area (Å²) < 4.78 is 38.0. The molecule has 0 aliphatic heterocycles. The fourth-order valence-corrected chi connectivity index (χ4v) is 1.08. The summed E-state index contributed by atoms with van der Waals surface area (Å²) in [4.78, 5) is 11.1. The van der Waals surface area contributed by atoms with E-state index in [4.69, 9.17) is 0 Å². The molecule has 0 spiro atoms. The van der Waals surface area contributed by atoms with Crippen LogP contribution in [0.1, 0.15) is 19.8 Å². The third kappa shape index (κ3) is 2.97. The highest BCUT2D eigenvalue weighted by Gasteiger charge is 2.11. The van der Waals surface area contributed by atoms with E-state index in [-0.39, 0.29) is 18.0 Å². The predicted molar refractivity (Wildman–Crippen MR) is 49.9 cm³/mol. The summed E-state index contributed by atoms with van der Waals surface area (Å²) >= 11 is 0. The minimum absolute atomic E-state index is 0.0788. The zero-order valence-electron chi connectivity index (χ0n) is 8.11. The first-order valence-corrected chi connectivity index (χ1v) is 4.49. The lowest BCUT2D eigenvalue weighted by molar-refractivity contribution is -0.116. The van der Waals surface area contributed by atoms with Gasteiger partial charge in [0.2, 0.25) is 5.91 Å². The fraction of sp³-hybridized carbons (Fsp3) is 0.300. The maximum Gasteiger partial charge on any atom is 0.224 e. The van der Waals surface area contributed by atoms with E-state index in [1.165, 1.54) is 0 Å². The van der Waals surface area contributed by atoms with Gasteiger partial charge in [-0.25, -0.2) is 13.2 Å². The van der Waals surface area contributed by atoms with Crippen molar-refractivity contribution in [2.24, 2.45) is 0 Å². The molecule has 1 N–H and O–H groups in total. The molecule has 0 atom stereocenters. The second-order valence-electron chi connectivity index (χ2n) is 3.05. The van der Waals surface area contributed by atoms with Crippen LogP contribution in [0, 0.1) is 17.5 Å². The zero-order chi connectivity index (χ0) is 11.4. The standard InChI is InChI=1S/C10H10F3NO/c1-2-3-9(15)14-6-4-7(11)10(13)8(12)5-6/h4-5H,2-3H2,1H3,(H,14,15). The number of carbonyl (C=O) groups is 1. The molecule has 5 heteroatoms. The normalized spacial score (nSPS) is 10.1. The molecule has 1 amide bonds. The summed E-state index contributed by atoms with van der Waals surface area (Å²) in [5, 5.41) is 2.27. The summed E-state index contributed by atoms with van der Waals surface area (Å²) in [7, 11) is 0. The number of anilines is 1. The lowest BCUT2D eigenvalue weighted by Crippen LogP contribution is -2.11. The van der Waals surface area contributed by atoms with E-state index in [0.29, 0.717) is 6.42 Å². The molecule has 0 aromatic heterocycles. The Bertz CT molecular complexity index is 356. The van der Waals surface area contributed by atoms with Gasteiger partial charge in [-0.2, -0.15) is 0 Å². The second kappa shape index (κ2) is 4.82. The second-order valence-corrected chi connectivity index (χ2v) is 3.05. The largest absolute Gasteiger partial charge is 0.326 e. The van der Waals surface area contributed by atoms with E-state index < -0.39 is 17.5 Å². The quantitative estimate of drug-likeness (QED) is 0.775. The van der Waals surface area contributed by atoms with Crippen molar-refractivity contribution in [2.45, 2.75) is 19.8 Å². The summed E-state index contributed by atoms with van der Waals surface area (Å²) in [5.74, 6) is -4.53. The maximum atomic E-state index is 12.7. The van der Waals surface area contributed by atoms with Gasteiger partial charge in [-0.1, -0.05) is 6.92 Å². The van der Waals surface area contributed by atoms with Gasteiger partial charge in [0, 0.05) is 24.2 Å². The lowest BCUT2D eigenvalue weighted by Gasteiger charge is -2.05. The minimum atomic E-state index is -1.54. The molecule has 0 saturated carbocycles. The molecule has 0 aliphatic rings. The minimum Gasteiger partial charge on any atom is -0.326 e. The van der Waals surface area contributed by atoms with Crippen LogP contribution >= 0.6 is 0 Å². The van der Waals surface area contributed by atoms with Crippen molar-refractivity contribution in [1.29, 1.82) is 0 Å². The molecule has 0 fully saturated rings. The van der Waals surface area contributed by atoms with Crippen LogP contribution in [0.4, 0.5) is 18.9 Å². The number of hydrogen-bond acceptors (Lipinski definition) is 1. The number of amides is 1. The van der Waals surface area contributed by atoms with Crippen LogP contribution in [-0.4, -0.2) is 5.91 Å². The average molecular weight is 217 g/mol. The smallest absolute Gasteiger partial charge is 0.224 e. The van der Waals surface area contributed by atoms with Crippen LogP contribution in [0.15, 0.2) is 12.1 Å². The first-order chi connectivity index (χ1) is 7.04. The number of carbonyl (C=O) groups excluding carboxylic acids is 1. The van der Waals surface area contributed by atoms with Crippen LogP contribution in [0.2, 0.25) is 0 Å². The Kier molecular flexibility index (Phi) is 3.71. The Labute approximate surface area is 85.1 Å². The monoisotopic (exact) mass is 217 g/mol.